The second-order valence-corrected chi connectivity index (χ2v) is 9.87. The molecule has 7 nitrogen and oxygen atoms in total. The second kappa shape index (κ2) is 8.76. The molecule has 3 aromatic carbocycles. The minimum absolute atomic E-state index is 0.00895. The van der Waals surface area contributed by atoms with Gasteiger partial charge in [-0.05, 0) is 74.5 Å². The monoisotopic (exact) mass is 446 g/mol. The normalized spacial score (nSPS) is 11.7. The Balaban J connectivity index is 1.73. The smallest absolute Gasteiger partial charge is 0.261 e. The number of hydrogen-bond donors (Lipinski definition) is 2. The van der Waals surface area contributed by atoms with E-state index in [1.807, 2.05) is 13.8 Å². The number of ether oxygens (including phenoxy) is 1. The van der Waals surface area contributed by atoms with Crippen molar-refractivity contribution in [3.8, 4) is 5.75 Å². The summed E-state index contributed by atoms with van der Waals surface area (Å²) < 4.78 is 60.3. The fourth-order valence-corrected chi connectivity index (χ4v) is 4.75. The minimum Gasteiger partial charge on any atom is -0.494 e. The standard InChI is InChI=1S/C21H22N2O5S2/c1-3-28-19-10-6-17(7-11-19)22-30(26,27)21-14-8-18(9-15-21)23-29(24,25)20-12-4-16(2)5-13-20/h4-15,22-23H,3H2,1-2H3. The van der Waals surface area contributed by atoms with Gasteiger partial charge in [-0.2, -0.15) is 0 Å². The Kier molecular flexibility index (Phi) is 6.33. The van der Waals surface area contributed by atoms with Crippen molar-refractivity contribution >= 4 is 31.4 Å². The van der Waals surface area contributed by atoms with Crippen LogP contribution in [0.2, 0.25) is 0 Å². The van der Waals surface area contributed by atoms with Crippen molar-refractivity contribution in [3.05, 3.63) is 78.4 Å². The lowest BCUT2D eigenvalue weighted by Gasteiger charge is -2.11. The zero-order valence-corrected chi connectivity index (χ0v) is 18.1. The summed E-state index contributed by atoms with van der Waals surface area (Å²) in [6, 6.07) is 18.5. The first kappa shape index (κ1) is 21.7. The van der Waals surface area contributed by atoms with Gasteiger partial charge in [0.05, 0.1) is 16.4 Å². The van der Waals surface area contributed by atoms with Gasteiger partial charge < -0.3 is 4.74 Å². The molecule has 0 heterocycles. The van der Waals surface area contributed by atoms with Gasteiger partial charge in [0, 0.05) is 11.4 Å². The summed E-state index contributed by atoms with van der Waals surface area (Å²) in [4.78, 5) is 0.136. The highest BCUT2D eigenvalue weighted by Crippen LogP contribution is 2.22. The Morgan fingerprint density at radius 2 is 1.07 bits per heavy atom. The molecule has 2 N–H and O–H groups in total. The molecule has 0 saturated heterocycles. The topological polar surface area (TPSA) is 102 Å². The molecule has 3 aromatic rings. The van der Waals surface area contributed by atoms with Gasteiger partial charge in [0.1, 0.15) is 5.75 Å². The lowest BCUT2D eigenvalue weighted by atomic mass is 10.2. The van der Waals surface area contributed by atoms with Gasteiger partial charge in [-0.25, -0.2) is 16.8 Å². The average molecular weight is 447 g/mol. The van der Waals surface area contributed by atoms with E-state index in [9.17, 15) is 16.8 Å². The van der Waals surface area contributed by atoms with Crippen LogP contribution in [0.1, 0.15) is 12.5 Å². The first-order valence-electron chi connectivity index (χ1n) is 9.15. The Bertz CT molecular complexity index is 1200. The van der Waals surface area contributed by atoms with Crippen LogP contribution in [-0.4, -0.2) is 23.4 Å². The minimum atomic E-state index is -3.82. The molecular weight excluding hydrogens is 424 g/mol. The summed E-state index contributed by atoms with van der Waals surface area (Å²) in [5.74, 6) is 0.644. The third-order valence-corrected chi connectivity index (χ3v) is 6.96. The van der Waals surface area contributed by atoms with Crippen LogP contribution in [0.5, 0.6) is 5.75 Å². The van der Waals surface area contributed by atoms with Crippen molar-refractivity contribution in [3.63, 3.8) is 0 Å². The summed E-state index contributed by atoms with van der Waals surface area (Å²) in [5.41, 5.74) is 1.60. The SMILES string of the molecule is CCOc1ccc(NS(=O)(=O)c2ccc(NS(=O)(=O)c3ccc(C)cc3)cc2)cc1. The molecule has 0 atom stereocenters. The van der Waals surface area contributed by atoms with Crippen molar-refractivity contribution in [2.75, 3.05) is 16.1 Å². The van der Waals surface area contributed by atoms with Crippen molar-refractivity contribution in [2.45, 2.75) is 23.6 Å². The van der Waals surface area contributed by atoms with Gasteiger partial charge >= 0.3 is 0 Å². The van der Waals surface area contributed by atoms with E-state index in [0.29, 0.717) is 18.0 Å². The zero-order valence-electron chi connectivity index (χ0n) is 16.5. The molecule has 0 radical (unpaired) electrons. The molecular formula is C21H22N2O5S2. The Labute approximate surface area is 176 Å². The predicted octanol–water partition coefficient (Wildman–Crippen LogP) is 4.00. The van der Waals surface area contributed by atoms with Crippen LogP contribution in [0.25, 0.3) is 0 Å². The molecule has 158 valence electrons. The van der Waals surface area contributed by atoms with Crippen LogP contribution in [0.3, 0.4) is 0 Å². The van der Waals surface area contributed by atoms with Gasteiger partial charge in [0.25, 0.3) is 20.0 Å². The highest BCUT2D eigenvalue weighted by Gasteiger charge is 2.17. The molecule has 0 unspecified atom stereocenters. The molecule has 0 bridgehead atoms. The summed E-state index contributed by atoms with van der Waals surface area (Å²) in [6.45, 7) is 4.25. The first-order valence-corrected chi connectivity index (χ1v) is 12.1. The third kappa shape index (κ3) is 5.31. The number of anilines is 2. The molecule has 9 heteroatoms. The van der Waals surface area contributed by atoms with Gasteiger partial charge in [0.2, 0.25) is 0 Å². The van der Waals surface area contributed by atoms with Crippen LogP contribution in [0.15, 0.2) is 82.6 Å². The fourth-order valence-electron chi connectivity index (χ4n) is 2.63. The van der Waals surface area contributed by atoms with E-state index in [1.54, 1.807) is 36.4 Å². The van der Waals surface area contributed by atoms with Gasteiger partial charge in [-0.1, -0.05) is 17.7 Å². The third-order valence-electron chi connectivity index (χ3n) is 4.17. The largest absolute Gasteiger partial charge is 0.494 e. The molecule has 0 aliphatic rings. The predicted molar refractivity (Wildman–Crippen MR) is 117 cm³/mol. The van der Waals surface area contributed by atoms with Crippen LogP contribution in [0.4, 0.5) is 11.4 Å². The van der Waals surface area contributed by atoms with Crippen LogP contribution in [0, 0.1) is 6.92 Å². The second-order valence-electron chi connectivity index (χ2n) is 6.51. The number of hydrogen-bond acceptors (Lipinski definition) is 5. The molecule has 0 aliphatic carbocycles. The lowest BCUT2D eigenvalue weighted by Crippen LogP contribution is -2.14. The number of aryl methyl sites for hydroxylation is 1. The molecule has 0 aromatic heterocycles. The number of rotatable bonds is 8. The Morgan fingerprint density at radius 3 is 1.50 bits per heavy atom. The maximum absolute atomic E-state index is 12.6. The zero-order chi connectivity index (χ0) is 21.8. The van der Waals surface area contributed by atoms with E-state index in [4.69, 9.17) is 4.74 Å². The molecule has 3 rings (SSSR count). The van der Waals surface area contributed by atoms with E-state index < -0.39 is 20.0 Å². The highest BCUT2D eigenvalue weighted by atomic mass is 32.2. The van der Waals surface area contributed by atoms with Gasteiger partial charge in [-0.15, -0.1) is 0 Å². The maximum atomic E-state index is 12.6. The summed E-state index contributed by atoms with van der Waals surface area (Å²) in [7, 11) is -7.59. The molecule has 0 saturated carbocycles. The van der Waals surface area contributed by atoms with Crippen molar-refractivity contribution in [1.29, 1.82) is 0 Å². The van der Waals surface area contributed by atoms with Crippen LogP contribution in [-0.2, 0) is 20.0 Å². The Morgan fingerprint density at radius 1 is 0.667 bits per heavy atom. The summed E-state index contributed by atoms with van der Waals surface area (Å²) in [5, 5.41) is 0. The van der Waals surface area contributed by atoms with Crippen LogP contribution < -0.4 is 14.2 Å². The molecule has 0 fully saturated rings. The van der Waals surface area contributed by atoms with E-state index >= 15 is 0 Å². The quantitative estimate of drug-likeness (QED) is 0.545. The Hall–Kier alpha value is -3.04. The van der Waals surface area contributed by atoms with Gasteiger partial charge in [-0.3, -0.25) is 9.44 Å². The number of sulfonamides is 2. The lowest BCUT2D eigenvalue weighted by molar-refractivity contribution is 0.340. The summed E-state index contributed by atoms with van der Waals surface area (Å²) >= 11 is 0. The van der Waals surface area contributed by atoms with E-state index in [2.05, 4.69) is 9.44 Å². The maximum Gasteiger partial charge on any atom is 0.261 e. The van der Waals surface area contributed by atoms with Crippen LogP contribution >= 0.6 is 0 Å². The summed E-state index contributed by atoms with van der Waals surface area (Å²) in [6.07, 6.45) is 0. The number of nitrogens with one attached hydrogen (secondary N) is 2. The van der Waals surface area contributed by atoms with Crippen molar-refractivity contribution in [1.82, 2.24) is 0 Å². The van der Waals surface area contributed by atoms with Crippen molar-refractivity contribution < 1.29 is 21.6 Å². The highest BCUT2D eigenvalue weighted by molar-refractivity contribution is 7.93. The molecule has 0 amide bonds. The van der Waals surface area contributed by atoms with Crippen molar-refractivity contribution in [2.24, 2.45) is 0 Å². The van der Waals surface area contributed by atoms with E-state index in [0.717, 1.165) is 5.56 Å². The number of benzene rings is 3. The van der Waals surface area contributed by atoms with E-state index in [-0.39, 0.29) is 15.5 Å². The molecule has 0 spiro atoms. The first-order chi connectivity index (χ1) is 14.2. The fraction of sp³-hybridized carbons (Fsp3) is 0.143. The molecule has 30 heavy (non-hydrogen) atoms. The average Bonchev–Trinajstić information content (AvgIpc) is 2.70. The molecule has 0 aliphatic heterocycles. The van der Waals surface area contributed by atoms with E-state index in [1.165, 1.54) is 36.4 Å². The van der Waals surface area contributed by atoms with Gasteiger partial charge in [0.15, 0.2) is 0 Å².